The number of fused-ring (bicyclic) bond motifs is 2. The maximum absolute atomic E-state index is 13.0. The summed E-state index contributed by atoms with van der Waals surface area (Å²) >= 11 is 0. The molecule has 3 heterocycles. The van der Waals surface area contributed by atoms with E-state index in [1.165, 1.54) is 6.20 Å². The molecule has 43 heavy (non-hydrogen) atoms. The van der Waals surface area contributed by atoms with Gasteiger partial charge in [-0.1, -0.05) is 38.1 Å². The fourth-order valence-electron chi connectivity index (χ4n) is 5.31. The molecule has 6 rings (SSSR count). The van der Waals surface area contributed by atoms with Gasteiger partial charge in [-0.3, -0.25) is 9.78 Å². The van der Waals surface area contributed by atoms with E-state index in [-0.39, 0.29) is 16.5 Å². The van der Waals surface area contributed by atoms with Gasteiger partial charge in [0.25, 0.3) is 5.56 Å². The molecule has 0 unspecified atom stereocenters. The fraction of sp³-hybridized carbons (Fsp3) is 0.333. The molecule has 10 nitrogen and oxygen atoms in total. The van der Waals surface area contributed by atoms with Crippen LogP contribution in [-0.4, -0.2) is 31.1 Å². The average Bonchev–Trinajstić information content (AvgIpc) is 3.53. The molecular weight excluding hydrogens is 538 g/mol. The Hall–Kier alpha value is -5.22. The van der Waals surface area contributed by atoms with Crippen LogP contribution in [0, 0.1) is 28.1 Å². The summed E-state index contributed by atoms with van der Waals surface area (Å²) in [6.07, 6.45) is 7.30. The van der Waals surface area contributed by atoms with Crippen LogP contribution in [0.1, 0.15) is 69.0 Å². The summed E-state index contributed by atoms with van der Waals surface area (Å²) in [6, 6.07) is 15.3. The van der Waals surface area contributed by atoms with Crippen molar-refractivity contribution in [2.45, 2.75) is 52.1 Å². The van der Waals surface area contributed by atoms with E-state index in [1.807, 2.05) is 41.2 Å². The first-order chi connectivity index (χ1) is 20.5. The molecular formula is C33H33N9O. The summed E-state index contributed by atoms with van der Waals surface area (Å²) in [7, 11) is 1.74. The standard InChI is InChI=1S/C33H33N9O/c1-32(2,3)19-37-29-21(16-35)17-36-28-20(15-34)13-22(14-26(28)29)38-30(27-18-42(40-39-27)33(4)10-11-33)24-7-6-8-25-23(24)9-12-41(5)31(25)43/h6-9,12-14,17-18,30,38H,10-11,19H2,1-5H3,(H,36,37)/t30-/m0/s1. The van der Waals surface area contributed by atoms with Gasteiger partial charge in [-0.05, 0) is 60.4 Å². The zero-order valence-electron chi connectivity index (χ0n) is 24.9. The smallest absolute Gasteiger partial charge is 0.258 e. The largest absolute Gasteiger partial charge is 0.383 e. The average molecular weight is 572 g/mol. The highest BCUT2D eigenvalue weighted by molar-refractivity contribution is 5.99. The van der Waals surface area contributed by atoms with Gasteiger partial charge in [0.15, 0.2) is 0 Å². The Morgan fingerprint density at radius 3 is 2.53 bits per heavy atom. The molecule has 0 radical (unpaired) electrons. The van der Waals surface area contributed by atoms with Gasteiger partial charge >= 0.3 is 0 Å². The number of pyridine rings is 2. The van der Waals surface area contributed by atoms with Gasteiger partial charge < -0.3 is 15.2 Å². The number of nitrogens with zero attached hydrogens (tertiary/aromatic N) is 7. The van der Waals surface area contributed by atoms with Crippen molar-refractivity contribution in [1.29, 1.82) is 10.5 Å². The molecule has 5 aromatic rings. The van der Waals surface area contributed by atoms with Crippen LogP contribution < -0.4 is 16.2 Å². The Kier molecular flexibility index (Phi) is 6.66. The molecule has 1 fully saturated rings. The molecule has 0 amide bonds. The number of hydrogen-bond acceptors (Lipinski definition) is 8. The molecule has 3 aromatic heterocycles. The molecule has 0 saturated heterocycles. The van der Waals surface area contributed by atoms with Gasteiger partial charge in [0.05, 0.1) is 40.1 Å². The first-order valence-electron chi connectivity index (χ1n) is 14.3. The van der Waals surface area contributed by atoms with E-state index in [4.69, 9.17) is 0 Å². The number of benzene rings is 2. The second kappa shape index (κ2) is 10.2. The Morgan fingerprint density at radius 1 is 1.07 bits per heavy atom. The molecule has 216 valence electrons. The molecule has 1 saturated carbocycles. The molecule has 0 aliphatic heterocycles. The third kappa shape index (κ3) is 5.17. The van der Waals surface area contributed by atoms with Crippen molar-refractivity contribution < 1.29 is 0 Å². The van der Waals surface area contributed by atoms with Crippen LogP contribution in [0.25, 0.3) is 21.7 Å². The minimum atomic E-state index is -0.492. The molecule has 2 N–H and O–H groups in total. The summed E-state index contributed by atoms with van der Waals surface area (Å²) < 4.78 is 3.48. The van der Waals surface area contributed by atoms with Crippen molar-refractivity contribution in [1.82, 2.24) is 24.5 Å². The molecule has 0 spiro atoms. The maximum Gasteiger partial charge on any atom is 0.258 e. The SMILES string of the molecule is Cn1ccc2c([C@H](Nc3cc(C#N)c4ncc(C#N)c(NCC(C)(C)C)c4c3)c3cn(C4(C)CC4)nn3)cccc2c1=O. The van der Waals surface area contributed by atoms with E-state index in [1.54, 1.807) is 23.9 Å². The second-order valence-electron chi connectivity index (χ2n) is 12.8. The van der Waals surface area contributed by atoms with Crippen LogP contribution in [0.2, 0.25) is 0 Å². The van der Waals surface area contributed by atoms with E-state index in [0.29, 0.717) is 51.0 Å². The predicted octanol–water partition coefficient (Wildman–Crippen LogP) is 5.59. The van der Waals surface area contributed by atoms with Gasteiger partial charge in [0.2, 0.25) is 0 Å². The Balaban J connectivity index is 1.53. The highest BCUT2D eigenvalue weighted by atomic mass is 16.1. The van der Waals surface area contributed by atoms with E-state index in [2.05, 4.69) is 65.8 Å². The first kappa shape index (κ1) is 27.9. The lowest BCUT2D eigenvalue weighted by Crippen LogP contribution is -2.20. The Morgan fingerprint density at radius 2 is 1.84 bits per heavy atom. The van der Waals surface area contributed by atoms with Crippen LogP contribution in [-0.2, 0) is 12.6 Å². The van der Waals surface area contributed by atoms with Gasteiger partial charge in [-0.25, -0.2) is 4.68 Å². The predicted molar refractivity (Wildman–Crippen MR) is 167 cm³/mol. The Labute approximate surface area is 249 Å². The van der Waals surface area contributed by atoms with Gasteiger partial charge in [-0.15, -0.1) is 5.10 Å². The van der Waals surface area contributed by atoms with Crippen LogP contribution >= 0.6 is 0 Å². The number of nitriles is 2. The Bertz CT molecular complexity index is 2030. The first-order valence-corrected chi connectivity index (χ1v) is 14.3. The molecule has 2 aromatic carbocycles. The van der Waals surface area contributed by atoms with E-state index < -0.39 is 6.04 Å². The maximum atomic E-state index is 13.0. The van der Waals surface area contributed by atoms with E-state index >= 15 is 0 Å². The van der Waals surface area contributed by atoms with E-state index in [0.717, 1.165) is 23.8 Å². The number of aromatic nitrogens is 5. The molecule has 1 aliphatic rings. The third-order valence-corrected chi connectivity index (χ3v) is 8.12. The van der Waals surface area contributed by atoms with Crippen molar-refractivity contribution in [3.63, 3.8) is 0 Å². The van der Waals surface area contributed by atoms with Crippen LogP contribution in [0.4, 0.5) is 11.4 Å². The summed E-state index contributed by atoms with van der Waals surface area (Å²) in [5.74, 6) is 0. The number of aryl methyl sites for hydroxylation is 1. The summed E-state index contributed by atoms with van der Waals surface area (Å²) in [5, 5.41) is 38.2. The lowest BCUT2D eigenvalue weighted by molar-refractivity contribution is 0.443. The quantitative estimate of drug-likeness (QED) is 0.258. The van der Waals surface area contributed by atoms with Crippen molar-refractivity contribution in [3.05, 3.63) is 87.7 Å². The molecule has 10 heteroatoms. The van der Waals surface area contributed by atoms with Gasteiger partial charge in [-0.2, -0.15) is 10.5 Å². The van der Waals surface area contributed by atoms with Crippen LogP contribution in [0.5, 0.6) is 0 Å². The lowest BCUT2D eigenvalue weighted by Gasteiger charge is -2.23. The van der Waals surface area contributed by atoms with Crippen molar-refractivity contribution in [2.24, 2.45) is 12.5 Å². The third-order valence-electron chi connectivity index (χ3n) is 8.12. The lowest BCUT2D eigenvalue weighted by atomic mass is 9.96. The highest BCUT2D eigenvalue weighted by Crippen LogP contribution is 2.43. The van der Waals surface area contributed by atoms with Crippen molar-refractivity contribution >= 4 is 33.1 Å². The van der Waals surface area contributed by atoms with Crippen LogP contribution in [0.3, 0.4) is 0 Å². The fourth-order valence-corrected chi connectivity index (χ4v) is 5.31. The topological polar surface area (TPSA) is 137 Å². The van der Waals surface area contributed by atoms with Gasteiger partial charge in [0, 0.05) is 42.4 Å². The normalized spacial score (nSPS) is 14.7. The number of rotatable bonds is 7. The highest BCUT2D eigenvalue weighted by Gasteiger charge is 2.41. The molecule has 1 aliphatic carbocycles. The van der Waals surface area contributed by atoms with E-state index in [9.17, 15) is 15.3 Å². The summed E-state index contributed by atoms with van der Waals surface area (Å²) in [6.45, 7) is 9.11. The molecule has 1 atom stereocenters. The number of hydrogen-bond donors (Lipinski definition) is 2. The molecule has 0 bridgehead atoms. The minimum Gasteiger partial charge on any atom is -0.383 e. The zero-order valence-corrected chi connectivity index (χ0v) is 24.9. The number of nitrogens with one attached hydrogen (secondary N) is 2. The monoisotopic (exact) mass is 571 g/mol. The van der Waals surface area contributed by atoms with Gasteiger partial charge in [0.1, 0.15) is 17.8 Å². The number of anilines is 2. The summed E-state index contributed by atoms with van der Waals surface area (Å²) in [5.41, 5.74) is 3.95. The zero-order chi connectivity index (χ0) is 30.5. The summed E-state index contributed by atoms with van der Waals surface area (Å²) in [4.78, 5) is 17.5. The minimum absolute atomic E-state index is 0.0449. The van der Waals surface area contributed by atoms with Crippen molar-refractivity contribution in [3.8, 4) is 12.1 Å². The second-order valence-corrected chi connectivity index (χ2v) is 12.8. The van der Waals surface area contributed by atoms with Crippen molar-refractivity contribution in [2.75, 3.05) is 17.2 Å². The van der Waals surface area contributed by atoms with Crippen LogP contribution in [0.15, 0.2) is 59.8 Å².